The van der Waals surface area contributed by atoms with Crippen molar-refractivity contribution in [2.75, 3.05) is 12.4 Å². The maximum absolute atomic E-state index is 12.3. The van der Waals surface area contributed by atoms with Crippen LogP contribution in [0.15, 0.2) is 47.6 Å². The third-order valence-corrected chi connectivity index (χ3v) is 4.67. The number of anilines is 1. The van der Waals surface area contributed by atoms with Crippen LogP contribution in [-0.4, -0.2) is 28.2 Å². The molecule has 24 heavy (non-hydrogen) atoms. The van der Waals surface area contributed by atoms with Crippen LogP contribution >= 0.6 is 23.4 Å². The summed E-state index contributed by atoms with van der Waals surface area (Å²) in [6, 6.07) is 12.6. The largest absolute Gasteiger partial charge is 0.497 e. The minimum absolute atomic E-state index is 0.0969. The number of rotatable bonds is 5. The fraction of sp³-hybridized carbons (Fsp3) is 0.176. The minimum Gasteiger partial charge on any atom is -0.497 e. The quantitative estimate of drug-likeness (QED) is 0.663. The molecule has 0 aliphatic rings. The van der Waals surface area contributed by atoms with Crippen LogP contribution in [0.3, 0.4) is 0 Å². The molecule has 1 heterocycles. The Labute approximate surface area is 148 Å². The van der Waals surface area contributed by atoms with E-state index >= 15 is 0 Å². The van der Waals surface area contributed by atoms with Gasteiger partial charge in [-0.15, -0.1) is 0 Å². The van der Waals surface area contributed by atoms with Gasteiger partial charge in [0, 0.05) is 16.8 Å². The molecular weight excluding hydrogens is 346 g/mol. The van der Waals surface area contributed by atoms with Crippen LogP contribution in [0.2, 0.25) is 5.02 Å². The molecule has 0 saturated carbocycles. The second-order valence-electron chi connectivity index (χ2n) is 5.18. The second kappa shape index (κ2) is 7.15. The van der Waals surface area contributed by atoms with Gasteiger partial charge in [0.2, 0.25) is 5.91 Å². The summed E-state index contributed by atoms with van der Waals surface area (Å²) in [6.45, 7) is 1.84. The number of hydrogen-bond donors (Lipinski definition) is 2. The number of benzene rings is 2. The van der Waals surface area contributed by atoms with Gasteiger partial charge in [0.25, 0.3) is 0 Å². The first-order chi connectivity index (χ1) is 11.5. The Hall–Kier alpha value is -2.18. The number of aromatic nitrogens is 2. The predicted octanol–water partition coefficient (Wildman–Crippen LogP) is 4.34. The van der Waals surface area contributed by atoms with E-state index in [1.54, 1.807) is 31.4 Å². The number of methoxy groups -OCH3 is 1. The highest BCUT2D eigenvalue weighted by Crippen LogP contribution is 2.26. The van der Waals surface area contributed by atoms with Crippen molar-refractivity contribution in [3.63, 3.8) is 0 Å². The average molecular weight is 362 g/mol. The number of hydrogen-bond acceptors (Lipinski definition) is 4. The fourth-order valence-electron chi connectivity index (χ4n) is 2.15. The third kappa shape index (κ3) is 3.83. The molecule has 0 radical (unpaired) electrons. The van der Waals surface area contributed by atoms with Gasteiger partial charge in [0.15, 0.2) is 5.16 Å². The zero-order chi connectivity index (χ0) is 17.1. The number of ether oxygens (including phenoxy) is 1. The lowest BCUT2D eigenvalue weighted by molar-refractivity contribution is -0.115. The molecule has 1 atom stereocenters. The maximum atomic E-state index is 12.3. The molecule has 3 aromatic rings. The Morgan fingerprint density at radius 2 is 2.04 bits per heavy atom. The monoisotopic (exact) mass is 361 g/mol. The molecule has 124 valence electrons. The van der Waals surface area contributed by atoms with E-state index in [1.807, 2.05) is 25.1 Å². The maximum Gasteiger partial charge on any atom is 0.237 e. The molecule has 2 aromatic carbocycles. The van der Waals surface area contributed by atoms with Gasteiger partial charge in [-0.1, -0.05) is 23.4 Å². The zero-order valence-electron chi connectivity index (χ0n) is 13.2. The van der Waals surface area contributed by atoms with Crippen molar-refractivity contribution in [3.05, 3.63) is 47.5 Å². The number of carbonyl (C=O) groups excluding carboxylic acids is 1. The molecule has 1 amide bonds. The average Bonchev–Trinajstić information content (AvgIpc) is 2.97. The van der Waals surface area contributed by atoms with Gasteiger partial charge in [-0.25, -0.2) is 4.98 Å². The highest BCUT2D eigenvalue weighted by atomic mass is 35.5. The van der Waals surface area contributed by atoms with Crippen LogP contribution in [0.25, 0.3) is 11.0 Å². The lowest BCUT2D eigenvalue weighted by Crippen LogP contribution is -2.22. The van der Waals surface area contributed by atoms with Crippen molar-refractivity contribution < 1.29 is 9.53 Å². The van der Waals surface area contributed by atoms with Crippen molar-refractivity contribution in [2.45, 2.75) is 17.3 Å². The number of carbonyl (C=O) groups is 1. The summed E-state index contributed by atoms with van der Waals surface area (Å²) in [6.07, 6.45) is 0. The lowest BCUT2D eigenvalue weighted by Gasteiger charge is -2.10. The topological polar surface area (TPSA) is 67.0 Å². The number of nitrogens with one attached hydrogen (secondary N) is 2. The first kappa shape index (κ1) is 16.7. The van der Waals surface area contributed by atoms with Crippen molar-refractivity contribution >= 4 is 46.0 Å². The van der Waals surface area contributed by atoms with E-state index in [0.717, 1.165) is 16.8 Å². The van der Waals surface area contributed by atoms with Gasteiger partial charge in [0.05, 0.1) is 23.4 Å². The Morgan fingerprint density at radius 3 is 2.75 bits per heavy atom. The predicted molar refractivity (Wildman–Crippen MR) is 98.0 cm³/mol. The minimum atomic E-state index is -0.303. The number of amides is 1. The van der Waals surface area contributed by atoms with Gasteiger partial charge in [0.1, 0.15) is 5.75 Å². The van der Waals surface area contributed by atoms with Crippen molar-refractivity contribution in [1.82, 2.24) is 9.97 Å². The first-order valence-corrected chi connectivity index (χ1v) is 8.58. The van der Waals surface area contributed by atoms with Crippen molar-refractivity contribution in [1.29, 1.82) is 0 Å². The molecule has 0 fully saturated rings. The number of halogens is 1. The Balaban J connectivity index is 1.68. The SMILES string of the molecule is COc1ccc2nc(SC(C)C(=O)Nc3ccc(Cl)cc3)[nH]c2c1. The van der Waals surface area contributed by atoms with Crippen molar-refractivity contribution in [2.24, 2.45) is 0 Å². The molecule has 7 heteroatoms. The highest BCUT2D eigenvalue weighted by Gasteiger charge is 2.17. The molecule has 5 nitrogen and oxygen atoms in total. The van der Waals surface area contributed by atoms with E-state index in [0.29, 0.717) is 15.9 Å². The summed E-state index contributed by atoms with van der Waals surface area (Å²) < 4.78 is 5.20. The smallest absolute Gasteiger partial charge is 0.237 e. The van der Waals surface area contributed by atoms with Gasteiger partial charge in [-0.05, 0) is 43.3 Å². The molecule has 0 bridgehead atoms. The Morgan fingerprint density at radius 1 is 1.29 bits per heavy atom. The summed E-state index contributed by atoms with van der Waals surface area (Å²) in [7, 11) is 1.62. The van der Waals surface area contributed by atoms with E-state index < -0.39 is 0 Å². The highest BCUT2D eigenvalue weighted by molar-refractivity contribution is 8.00. The molecule has 1 unspecified atom stereocenters. The lowest BCUT2D eigenvalue weighted by atomic mass is 10.3. The summed E-state index contributed by atoms with van der Waals surface area (Å²) >= 11 is 7.21. The van der Waals surface area contributed by atoms with E-state index in [4.69, 9.17) is 16.3 Å². The molecule has 0 spiro atoms. The van der Waals surface area contributed by atoms with E-state index in [1.165, 1.54) is 11.8 Å². The van der Waals surface area contributed by atoms with Crippen LogP contribution in [0.1, 0.15) is 6.92 Å². The number of nitrogens with zero attached hydrogens (tertiary/aromatic N) is 1. The van der Waals surface area contributed by atoms with E-state index in [2.05, 4.69) is 15.3 Å². The first-order valence-electron chi connectivity index (χ1n) is 7.32. The van der Waals surface area contributed by atoms with Gasteiger partial charge >= 0.3 is 0 Å². The standard InChI is InChI=1S/C17H16ClN3O2S/c1-10(16(22)19-12-5-3-11(18)4-6-12)24-17-20-14-8-7-13(23-2)9-15(14)21-17/h3-10H,1-2H3,(H,19,22)(H,20,21). The molecule has 3 rings (SSSR count). The third-order valence-electron chi connectivity index (χ3n) is 3.44. The Bertz CT molecular complexity index is 864. The van der Waals surface area contributed by atoms with Gasteiger partial charge < -0.3 is 15.0 Å². The van der Waals surface area contributed by atoms with Crippen LogP contribution < -0.4 is 10.1 Å². The number of imidazole rings is 1. The van der Waals surface area contributed by atoms with Gasteiger partial charge in [-0.2, -0.15) is 0 Å². The second-order valence-corrected chi connectivity index (χ2v) is 6.95. The summed E-state index contributed by atoms with van der Waals surface area (Å²) in [4.78, 5) is 20.0. The normalized spacial score (nSPS) is 12.1. The number of H-pyrrole nitrogens is 1. The Kier molecular flexibility index (Phi) is 4.97. The van der Waals surface area contributed by atoms with Crippen LogP contribution in [0.4, 0.5) is 5.69 Å². The summed E-state index contributed by atoms with van der Waals surface area (Å²) in [5.74, 6) is 0.664. The number of fused-ring (bicyclic) bond motifs is 1. The molecule has 2 N–H and O–H groups in total. The number of aromatic amines is 1. The molecule has 1 aromatic heterocycles. The van der Waals surface area contributed by atoms with Crippen LogP contribution in [0.5, 0.6) is 5.75 Å². The van der Waals surface area contributed by atoms with Crippen LogP contribution in [-0.2, 0) is 4.79 Å². The molecular formula is C17H16ClN3O2S. The van der Waals surface area contributed by atoms with E-state index in [-0.39, 0.29) is 11.2 Å². The van der Waals surface area contributed by atoms with Crippen molar-refractivity contribution in [3.8, 4) is 5.75 Å². The van der Waals surface area contributed by atoms with Gasteiger partial charge in [-0.3, -0.25) is 4.79 Å². The number of thioether (sulfide) groups is 1. The summed E-state index contributed by atoms with van der Waals surface area (Å²) in [5.41, 5.74) is 2.43. The fourth-order valence-corrected chi connectivity index (χ4v) is 3.09. The molecule has 0 aliphatic heterocycles. The zero-order valence-corrected chi connectivity index (χ0v) is 14.7. The van der Waals surface area contributed by atoms with E-state index in [9.17, 15) is 4.79 Å². The molecule has 0 aliphatic carbocycles. The van der Waals surface area contributed by atoms with Crippen LogP contribution in [0, 0.1) is 0 Å². The summed E-state index contributed by atoms with van der Waals surface area (Å²) in [5, 5.41) is 3.88. The molecule has 0 saturated heterocycles.